The van der Waals surface area contributed by atoms with Crippen LogP contribution >= 0.6 is 11.3 Å². The highest BCUT2D eigenvalue weighted by atomic mass is 32.2. The lowest BCUT2D eigenvalue weighted by Gasteiger charge is -2.12. The average Bonchev–Trinajstić information content (AvgIpc) is 3.29. The van der Waals surface area contributed by atoms with E-state index in [4.69, 9.17) is 9.47 Å². The van der Waals surface area contributed by atoms with Crippen molar-refractivity contribution in [3.05, 3.63) is 65.0 Å². The lowest BCUT2D eigenvalue weighted by molar-refractivity contribution is -0.668. The maximum absolute atomic E-state index is 11.1. The molecule has 0 N–H and O–H groups in total. The van der Waals surface area contributed by atoms with Crippen molar-refractivity contribution < 1.29 is 27.0 Å². The van der Waals surface area contributed by atoms with Gasteiger partial charge in [0.1, 0.15) is 10.4 Å². The summed E-state index contributed by atoms with van der Waals surface area (Å²) in [6.07, 6.45) is 5.17. The summed E-state index contributed by atoms with van der Waals surface area (Å²) in [6.45, 7) is 2.53. The predicted octanol–water partition coefficient (Wildman–Crippen LogP) is 4.30. The van der Waals surface area contributed by atoms with Crippen molar-refractivity contribution in [1.29, 1.82) is 0 Å². The molecule has 2 aromatic carbocycles. The van der Waals surface area contributed by atoms with E-state index in [1.807, 2.05) is 60.5 Å². The van der Waals surface area contributed by atoms with Gasteiger partial charge < -0.3 is 18.9 Å². The molecule has 1 aliphatic heterocycles. The summed E-state index contributed by atoms with van der Waals surface area (Å²) in [5, 5.41) is 0.994. The normalized spacial score (nSPS) is 15.2. The number of thiazole rings is 1. The molecule has 1 aromatic heterocycles. The third-order valence-corrected chi connectivity index (χ3v) is 7.41. The fourth-order valence-electron chi connectivity index (χ4n) is 3.75. The molecule has 174 valence electrons. The molecular weight excluding hydrogens is 460 g/mol. The first-order chi connectivity index (χ1) is 15.8. The minimum atomic E-state index is -4.24. The summed E-state index contributed by atoms with van der Waals surface area (Å²) < 4.78 is 47.8. The van der Waals surface area contributed by atoms with Gasteiger partial charge in [0.05, 0.1) is 22.9 Å². The van der Waals surface area contributed by atoms with Gasteiger partial charge >= 0.3 is 0 Å². The van der Waals surface area contributed by atoms with Crippen LogP contribution in [0.4, 0.5) is 5.69 Å². The summed E-state index contributed by atoms with van der Waals surface area (Å²) >= 11 is 1.64. The quantitative estimate of drug-likeness (QED) is 0.349. The lowest BCUT2D eigenvalue weighted by atomic mass is 10.2. The van der Waals surface area contributed by atoms with Gasteiger partial charge in [-0.1, -0.05) is 30.4 Å². The third-order valence-electron chi connectivity index (χ3n) is 5.51. The summed E-state index contributed by atoms with van der Waals surface area (Å²) in [4.78, 5) is 1.99. The Morgan fingerprint density at radius 2 is 2.06 bits per heavy atom. The van der Waals surface area contributed by atoms with Crippen LogP contribution in [-0.4, -0.2) is 32.9 Å². The van der Waals surface area contributed by atoms with E-state index in [9.17, 15) is 13.0 Å². The van der Waals surface area contributed by atoms with E-state index in [0.717, 1.165) is 50.3 Å². The first-order valence-electron chi connectivity index (χ1n) is 10.7. The molecule has 3 aromatic rings. The number of aryl methyl sites for hydroxylation is 1. The van der Waals surface area contributed by atoms with Crippen LogP contribution in [0.1, 0.15) is 24.8 Å². The molecule has 0 saturated carbocycles. The van der Waals surface area contributed by atoms with Gasteiger partial charge in [0.25, 0.3) is 5.01 Å². The number of ether oxygens (including phenoxy) is 2. The van der Waals surface area contributed by atoms with Crippen LogP contribution in [0.2, 0.25) is 0 Å². The predicted molar refractivity (Wildman–Crippen MR) is 130 cm³/mol. The SMILES string of the molecule is CCC(=Cc1sc2ccccc2[n+]1CCCS(=O)(=O)[O-])C=C1Oc2ccc(OC)cc2N1C. The minimum Gasteiger partial charge on any atom is -0.748 e. The monoisotopic (exact) mass is 486 g/mol. The Balaban J connectivity index is 1.67. The zero-order valence-corrected chi connectivity index (χ0v) is 20.4. The molecule has 0 unspecified atom stereocenters. The first kappa shape index (κ1) is 23.3. The number of hydrogen-bond acceptors (Lipinski definition) is 7. The van der Waals surface area contributed by atoms with E-state index in [1.54, 1.807) is 18.4 Å². The number of para-hydroxylation sites is 1. The van der Waals surface area contributed by atoms with Crippen molar-refractivity contribution >= 4 is 43.4 Å². The molecular formula is C24H26N2O5S2. The molecule has 7 nitrogen and oxygen atoms in total. The van der Waals surface area contributed by atoms with E-state index in [0.29, 0.717) is 6.54 Å². The number of fused-ring (bicyclic) bond motifs is 2. The summed E-state index contributed by atoms with van der Waals surface area (Å²) in [7, 11) is -0.651. The van der Waals surface area contributed by atoms with Gasteiger partial charge in [-0.05, 0) is 30.2 Å². The number of methoxy groups -OCH3 is 1. The number of hydrogen-bond donors (Lipinski definition) is 0. The highest BCUT2D eigenvalue weighted by Gasteiger charge is 2.24. The highest BCUT2D eigenvalue weighted by molar-refractivity contribution is 7.85. The Labute approximate surface area is 197 Å². The molecule has 1 aliphatic rings. The van der Waals surface area contributed by atoms with Crippen LogP contribution in [0, 0.1) is 0 Å². The Morgan fingerprint density at radius 3 is 2.79 bits per heavy atom. The minimum absolute atomic E-state index is 0.267. The second-order valence-electron chi connectivity index (χ2n) is 7.73. The topological polar surface area (TPSA) is 82.8 Å². The molecule has 4 rings (SSSR count). The Hall–Kier alpha value is -2.88. The maximum Gasteiger partial charge on any atom is 0.263 e. The number of anilines is 1. The molecule has 0 saturated heterocycles. The maximum atomic E-state index is 11.1. The molecule has 33 heavy (non-hydrogen) atoms. The lowest BCUT2D eigenvalue weighted by Crippen LogP contribution is -2.36. The highest BCUT2D eigenvalue weighted by Crippen LogP contribution is 2.40. The van der Waals surface area contributed by atoms with Crippen molar-refractivity contribution in [2.75, 3.05) is 24.8 Å². The number of allylic oxidation sites excluding steroid dienone is 2. The van der Waals surface area contributed by atoms with Gasteiger partial charge in [0.2, 0.25) is 11.4 Å². The Kier molecular flexibility index (Phi) is 6.73. The van der Waals surface area contributed by atoms with Gasteiger partial charge in [-0.2, -0.15) is 4.57 Å². The summed E-state index contributed by atoms with van der Waals surface area (Å²) in [5.74, 6) is 1.88. The molecule has 0 amide bonds. The summed E-state index contributed by atoms with van der Waals surface area (Å²) in [6, 6.07) is 13.7. The molecule has 2 heterocycles. The standard InChI is InChI=1S/C24H26N2O5S2/c1-4-17(14-23-25(2)20-16-18(30-3)10-11-21(20)31-23)15-24-26(12-7-13-33(27,28)29)19-8-5-6-9-22(19)32-24/h5-6,8-11,14-16H,4,7,12-13H2,1-3H3. The van der Waals surface area contributed by atoms with Crippen LogP contribution in [0.3, 0.4) is 0 Å². The van der Waals surface area contributed by atoms with Crippen LogP contribution in [0.15, 0.2) is 60.0 Å². The van der Waals surface area contributed by atoms with E-state index in [1.165, 1.54) is 0 Å². The Bertz CT molecular complexity index is 1340. The number of benzene rings is 2. The van der Waals surface area contributed by atoms with Crippen molar-refractivity contribution in [3.63, 3.8) is 0 Å². The smallest absolute Gasteiger partial charge is 0.263 e. The zero-order chi connectivity index (χ0) is 23.6. The number of aromatic nitrogens is 1. The van der Waals surface area contributed by atoms with Crippen molar-refractivity contribution in [2.45, 2.75) is 26.3 Å². The first-order valence-corrected chi connectivity index (χ1v) is 13.1. The molecule has 0 aliphatic carbocycles. The molecule has 0 atom stereocenters. The van der Waals surface area contributed by atoms with E-state index >= 15 is 0 Å². The van der Waals surface area contributed by atoms with Crippen LogP contribution < -0.4 is 18.9 Å². The Morgan fingerprint density at radius 1 is 1.27 bits per heavy atom. The van der Waals surface area contributed by atoms with Gasteiger partial charge in [0.15, 0.2) is 12.3 Å². The van der Waals surface area contributed by atoms with E-state index < -0.39 is 10.1 Å². The van der Waals surface area contributed by atoms with Gasteiger partial charge in [0, 0.05) is 43.5 Å². The fourth-order valence-corrected chi connectivity index (χ4v) is 5.40. The molecule has 0 fully saturated rings. The average molecular weight is 487 g/mol. The summed E-state index contributed by atoms with van der Waals surface area (Å²) in [5.41, 5.74) is 3.02. The molecule has 0 radical (unpaired) electrons. The van der Waals surface area contributed by atoms with E-state index in [-0.39, 0.29) is 12.2 Å². The number of rotatable bonds is 8. The van der Waals surface area contributed by atoms with Crippen LogP contribution in [-0.2, 0) is 16.7 Å². The van der Waals surface area contributed by atoms with Crippen molar-refractivity contribution in [2.24, 2.45) is 0 Å². The van der Waals surface area contributed by atoms with Crippen molar-refractivity contribution in [1.82, 2.24) is 0 Å². The second-order valence-corrected chi connectivity index (χ2v) is 10.3. The molecule has 0 bridgehead atoms. The largest absolute Gasteiger partial charge is 0.748 e. The van der Waals surface area contributed by atoms with E-state index in [2.05, 4.69) is 17.6 Å². The number of nitrogens with zero attached hydrogens (tertiary/aromatic N) is 2. The van der Waals surface area contributed by atoms with Crippen molar-refractivity contribution in [3.8, 4) is 11.5 Å². The molecule has 9 heteroatoms. The van der Waals surface area contributed by atoms with Gasteiger partial charge in [-0.3, -0.25) is 0 Å². The van der Waals surface area contributed by atoms with Crippen LogP contribution in [0.5, 0.6) is 11.5 Å². The molecule has 0 spiro atoms. The van der Waals surface area contributed by atoms with Gasteiger partial charge in [-0.15, -0.1) is 0 Å². The zero-order valence-electron chi connectivity index (χ0n) is 18.8. The second kappa shape index (κ2) is 9.54. The van der Waals surface area contributed by atoms with Crippen LogP contribution in [0.25, 0.3) is 16.3 Å². The fraction of sp³-hybridized carbons (Fsp3) is 0.292. The van der Waals surface area contributed by atoms with Gasteiger partial charge in [-0.25, -0.2) is 8.42 Å². The third kappa shape index (κ3) is 5.21.